The Morgan fingerprint density at radius 2 is 1.73 bits per heavy atom. The Labute approximate surface area is 199 Å². The SMILES string of the molecule is CC[C@@H](C)c1ccc(-c2csc(NC(=O)c3ccc(S(=O)(=O)N4CCCCC4)cc3)n2)cc1. The molecule has 3 aromatic rings. The van der Waals surface area contributed by atoms with Crippen LogP contribution in [0.5, 0.6) is 0 Å². The van der Waals surface area contributed by atoms with Crippen molar-refractivity contribution in [3.8, 4) is 11.3 Å². The molecule has 2 heterocycles. The molecule has 1 aromatic heterocycles. The minimum atomic E-state index is -3.51. The van der Waals surface area contributed by atoms with Crippen LogP contribution >= 0.6 is 11.3 Å². The minimum Gasteiger partial charge on any atom is -0.298 e. The Morgan fingerprint density at radius 1 is 1.06 bits per heavy atom. The van der Waals surface area contributed by atoms with Crippen molar-refractivity contribution in [1.29, 1.82) is 0 Å². The van der Waals surface area contributed by atoms with Crippen LogP contribution < -0.4 is 5.32 Å². The third-order valence-electron chi connectivity index (χ3n) is 6.18. The van der Waals surface area contributed by atoms with Crippen molar-refractivity contribution >= 4 is 32.4 Å². The lowest BCUT2D eigenvalue weighted by Crippen LogP contribution is -2.35. The Bertz CT molecular complexity index is 1200. The normalized spacial score (nSPS) is 15.8. The summed E-state index contributed by atoms with van der Waals surface area (Å²) in [6.07, 6.45) is 3.93. The van der Waals surface area contributed by atoms with Crippen molar-refractivity contribution in [2.24, 2.45) is 0 Å². The zero-order valence-corrected chi connectivity index (χ0v) is 20.6. The van der Waals surface area contributed by atoms with Gasteiger partial charge < -0.3 is 0 Å². The summed E-state index contributed by atoms with van der Waals surface area (Å²) in [5.41, 5.74) is 3.51. The smallest absolute Gasteiger partial charge is 0.257 e. The van der Waals surface area contributed by atoms with E-state index >= 15 is 0 Å². The number of amides is 1. The first-order chi connectivity index (χ1) is 15.9. The number of hydrogen-bond acceptors (Lipinski definition) is 5. The maximum absolute atomic E-state index is 12.8. The van der Waals surface area contributed by atoms with Crippen molar-refractivity contribution < 1.29 is 13.2 Å². The van der Waals surface area contributed by atoms with E-state index < -0.39 is 10.0 Å². The summed E-state index contributed by atoms with van der Waals surface area (Å²) in [5, 5.41) is 5.24. The maximum atomic E-state index is 12.8. The fraction of sp³-hybridized carbons (Fsp3) is 0.360. The summed E-state index contributed by atoms with van der Waals surface area (Å²) in [7, 11) is -3.51. The molecule has 0 saturated carbocycles. The molecule has 1 saturated heterocycles. The van der Waals surface area contributed by atoms with Gasteiger partial charge in [-0.15, -0.1) is 11.3 Å². The van der Waals surface area contributed by atoms with Crippen LogP contribution in [0.15, 0.2) is 58.8 Å². The van der Waals surface area contributed by atoms with Gasteiger partial charge in [-0.1, -0.05) is 44.5 Å². The van der Waals surface area contributed by atoms with Gasteiger partial charge in [-0.3, -0.25) is 10.1 Å². The highest BCUT2D eigenvalue weighted by molar-refractivity contribution is 7.89. The number of benzene rings is 2. The Hall–Kier alpha value is -2.55. The van der Waals surface area contributed by atoms with Gasteiger partial charge in [0.1, 0.15) is 0 Å². The average molecular weight is 484 g/mol. The third-order valence-corrected chi connectivity index (χ3v) is 8.85. The standard InChI is InChI=1S/C25H29N3O3S2/c1-3-18(2)19-7-9-20(10-8-19)23-17-32-25(26-23)27-24(29)21-11-13-22(14-12-21)33(30,31)28-15-5-4-6-16-28/h7-14,17-18H,3-6,15-16H2,1-2H3,(H,26,27,29)/t18-/m1/s1. The van der Waals surface area contributed by atoms with E-state index in [2.05, 4.69) is 48.4 Å². The second kappa shape index (κ2) is 10.2. The number of piperidine rings is 1. The van der Waals surface area contributed by atoms with E-state index in [4.69, 9.17) is 0 Å². The monoisotopic (exact) mass is 483 g/mol. The Kier molecular flexibility index (Phi) is 7.26. The molecule has 1 amide bonds. The molecule has 0 bridgehead atoms. The maximum Gasteiger partial charge on any atom is 0.257 e. The topological polar surface area (TPSA) is 79.4 Å². The summed E-state index contributed by atoms with van der Waals surface area (Å²) < 4.78 is 27.1. The highest BCUT2D eigenvalue weighted by Crippen LogP contribution is 2.28. The number of hydrogen-bond donors (Lipinski definition) is 1. The van der Waals surface area contributed by atoms with Gasteiger partial charge in [0, 0.05) is 29.6 Å². The van der Waals surface area contributed by atoms with Crippen LogP contribution in [-0.2, 0) is 10.0 Å². The molecular weight excluding hydrogens is 454 g/mol. The van der Waals surface area contributed by atoms with Crippen LogP contribution in [0.25, 0.3) is 11.3 Å². The van der Waals surface area contributed by atoms with E-state index in [0.717, 1.165) is 36.9 Å². The van der Waals surface area contributed by atoms with Crippen molar-refractivity contribution in [1.82, 2.24) is 9.29 Å². The van der Waals surface area contributed by atoms with Crippen molar-refractivity contribution in [2.45, 2.75) is 50.3 Å². The Morgan fingerprint density at radius 3 is 2.36 bits per heavy atom. The fourth-order valence-corrected chi connectivity index (χ4v) is 6.12. The first-order valence-electron chi connectivity index (χ1n) is 11.4. The average Bonchev–Trinajstić information content (AvgIpc) is 3.32. The van der Waals surface area contributed by atoms with Gasteiger partial charge >= 0.3 is 0 Å². The zero-order valence-electron chi connectivity index (χ0n) is 19.0. The van der Waals surface area contributed by atoms with Gasteiger partial charge in [-0.05, 0) is 55.0 Å². The van der Waals surface area contributed by atoms with Crippen LogP contribution in [0.1, 0.15) is 61.4 Å². The van der Waals surface area contributed by atoms with E-state index in [9.17, 15) is 13.2 Å². The molecule has 2 aromatic carbocycles. The molecule has 1 fully saturated rings. The van der Waals surface area contributed by atoms with Gasteiger partial charge in [-0.2, -0.15) is 4.31 Å². The van der Waals surface area contributed by atoms with Crippen LogP contribution in [0, 0.1) is 0 Å². The van der Waals surface area contributed by atoms with E-state index in [1.807, 2.05) is 5.38 Å². The molecular formula is C25H29N3O3S2. The molecule has 4 rings (SSSR count). The summed E-state index contributed by atoms with van der Waals surface area (Å²) in [6.45, 7) is 5.49. The number of nitrogens with zero attached hydrogens (tertiary/aromatic N) is 2. The number of sulfonamides is 1. The van der Waals surface area contributed by atoms with Crippen molar-refractivity contribution in [2.75, 3.05) is 18.4 Å². The summed E-state index contributed by atoms with van der Waals surface area (Å²) in [5.74, 6) is 0.204. The molecule has 33 heavy (non-hydrogen) atoms. The summed E-state index contributed by atoms with van der Waals surface area (Å²) in [6, 6.07) is 14.5. The molecule has 0 radical (unpaired) electrons. The lowest BCUT2D eigenvalue weighted by atomic mass is 9.97. The lowest BCUT2D eigenvalue weighted by Gasteiger charge is -2.25. The van der Waals surface area contributed by atoms with Crippen molar-refractivity contribution in [3.63, 3.8) is 0 Å². The van der Waals surface area contributed by atoms with Crippen molar-refractivity contribution in [3.05, 3.63) is 65.0 Å². The van der Waals surface area contributed by atoms with E-state index in [1.54, 1.807) is 12.1 Å². The molecule has 1 N–H and O–H groups in total. The molecule has 0 unspecified atom stereocenters. The molecule has 1 aliphatic heterocycles. The number of carbonyl (C=O) groups is 1. The first kappa shape index (κ1) is 23.6. The quantitative estimate of drug-likeness (QED) is 0.464. The fourth-order valence-electron chi connectivity index (χ4n) is 3.88. The Balaban J connectivity index is 1.42. The predicted molar refractivity (Wildman–Crippen MR) is 133 cm³/mol. The van der Waals surface area contributed by atoms with E-state index in [0.29, 0.717) is 29.7 Å². The van der Waals surface area contributed by atoms with Gasteiger partial charge in [0.25, 0.3) is 5.91 Å². The second-order valence-electron chi connectivity index (χ2n) is 8.41. The zero-order chi connectivity index (χ0) is 23.4. The van der Waals surface area contributed by atoms with E-state index in [1.165, 1.54) is 33.3 Å². The molecule has 1 aliphatic rings. The van der Waals surface area contributed by atoms with Crippen LogP contribution in [-0.4, -0.2) is 36.7 Å². The predicted octanol–water partition coefficient (Wildman–Crippen LogP) is 5.75. The first-order valence-corrected chi connectivity index (χ1v) is 13.7. The summed E-state index contributed by atoms with van der Waals surface area (Å²) in [4.78, 5) is 17.4. The molecule has 1 atom stereocenters. The van der Waals surface area contributed by atoms with E-state index in [-0.39, 0.29) is 10.8 Å². The highest BCUT2D eigenvalue weighted by atomic mass is 32.2. The largest absolute Gasteiger partial charge is 0.298 e. The number of aromatic nitrogens is 1. The number of anilines is 1. The minimum absolute atomic E-state index is 0.221. The van der Waals surface area contributed by atoms with Gasteiger partial charge in [-0.25, -0.2) is 13.4 Å². The third kappa shape index (κ3) is 5.34. The van der Waals surface area contributed by atoms with Gasteiger partial charge in [0.2, 0.25) is 10.0 Å². The van der Waals surface area contributed by atoms with Crippen LogP contribution in [0.2, 0.25) is 0 Å². The molecule has 174 valence electrons. The van der Waals surface area contributed by atoms with Crippen LogP contribution in [0.4, 0.5) is 5.13 Å². The molecule has 8 heteroatoms. The number of nitrogens with one attached hydrogen (secondary N) is 1. The molecule has 6 nitrogen and oxygen atoms in total. The van der Waals surface area contributed by atoms with Gasteiger partial charge in [0.05, 0.1) is 10.6 Å². The highest BCUT2D eigenvalue weighted by Gasteiger charge is 2.26. The van der Waals surface area contributed by atoms with Crippen LogP contribution in [0.3, 0.4) is 0 Å². The van der Waals surface area contributed by atoms with Gasteiger partial charge in [0.15, 0.2) is 5.13 Å². The molecule has 0 aliphatic carbocycles. The number of thiazole rings is 1. The lowest BCUT2D eigenvalue weighted by molar-refractivity contribution is 0.102. The number of rotatable bonds is 7. The second-order valence-corrected chi connectivity index (χ2v) is 11.2. The summed E-state index contributed by atoms with van der Waals surface area (Å²) >= 11 is 1.36. The molecule has 0 spiro atoms. The number of carbonyl (C=O) groups excluding carboxylic acids is 1.